The molecule has 0 bridgehead atoms. The number of nitrogens with one attached hydrogen (secondary N) is 1. The van der Waals surface area contributed by atoms with Crippen LogP contribution in [0.2, 0.25) is 0 Å². The van der Waals surface area contributed by atoms with Crippen molar-refractivity contribution in [3.8, 4) is 0 Å². The van der Waals surface area contributed by atoms with Crippen LogP contribution in [-0.2, 0) is 9.59 Å². The first-order valence-corrected chi connectivity index (χ1v) is 5.39. The fourth-order valence-corrected chi connectivity index (χ4v) is 1.21. The third-order valence-corrected chi connectivity index (χ3v) is 2.09. The Balaban J connectivity index is 3.42. The minimum atomic E-state index is -0.411. The van der Waals surface area contributed by atoms with Crippen molar-refractivity contribution in [2.24, 2.45) is 11.5 Å². The zero-order valence-electron chi connectivity index (χ0n) is 9.29. The van der Waals surface area contributed by atoms with Gasteiger partial charge >= 0.3 is 0 Å². The Hall–Kier alpha value is -1.10. The topological polar surface area (TPSA) is 98.2 Å². The Morgan fingerprint density at radius 3 is 2.53 bits per heavy atom. The summed E-state index contributed by atoms with van der Waals surface area (Å²) < 4.78 is 0. The largest absolute Gasteiger partial charge is 0.370 e. The predicted octanol–water partition coefficient (Wildman–Crippen LogP) is -0.114. The van der Waals surface area contributed by atoms with Crippen molar-refractivity contribution >= 4 is 11.8 Å². The maximum absolute atomic E-state index is 11.3. The first kappa shape index (κ1) is 13.9. The number of amides is 2. The molecule has 2 amide bonds. The summed E-state index contributed by atoms with van der Waals surface area (Å²) in [5.74, 6) is -0.417. The normalized spacial score (nSPS) is 12.1. The molecule has 5 heteroatoms. The van der Waals surface area contributed by atoms with Crippen molar-refractivity contribution in [3.05, 3.63) is 0 Å². The van der Waals surface area contributed by atoms with E-state index in [0.29, 0.717) is 25.8 Å². The molecule has 5 N–H and O–H groups in total. The Kier molecular flexibility index (Phi) is 7.62. The summed E-state index contributed by atoms with van der Waals surface area (Å²) in [6.45, 7) is 2.55. The number of rotatable bonds is 8. The summed E-state index contributed by atoms with van der Waals surface area (Å²) in [6.07, 6.45) is 3.44. The second-order valence-corrected chi connectivity index (χ2v) is 3.61. The maximum Gasteiger partial charge on any atom is 0.236 e. The third kappa shape index (κ3) is 7.93. The van der Waals surface area contributed by atoms with E-state index >= 15 is 0 Å². The molecule has 0 aliphatic rings. The van der Waals surface area contributed by atoms with Crippen molar-refractivity contribution in [1.29, 1.82) is 0 Å². The Morgan fingerprint density at radius 1 is 1.33 bits per heavy atom. The smallest absolute Gasteiger partial charge is 0.236 e. The van der Waals surface area contributed by atoms with Gasteiger partial charge < -0.3 is 16.8 Å². The van der Waals surface area contributed by atoms with Crippen LogP contribution in [0.25, 0.3) is 0 Å². The van der Waals surface area contributed by atoms with Crippen molar-refractivity contribution in [2.45, 2.75) is 45.1 Å². The second-order valence-electron chi connectivity index (χ2n) is 3.61. The molecule has 0 saturated carbocycles. The number of primary amides is 1. The molecule has 0 unspecified atom stereocenters. The van der Waals surface area contributed by atoms with Crippen LogP contribution in [0.3, 0.4) is 0 Å². The van der Waals surface area contributed by atoms with Crippen LogP contribution in [0, 0.1) is 0 Å². The van der Waals surface area contributed by atoms with Gasteiger partial charge in [0.2, 0.25) is 11.8 Å². The maximum atomic E-state index is 11.3. The van der Waals surface area contributed by atoms with Crippen LogP contribution in [0.4, 0.5) is 0 Å². The van der Waals surface area contributed by atoms with Gasteiger partial charge in [0.1, 0.15) is 0 Å². The standard InChI is InChI=1S/C10H21N3O2/c1-2-5-8(11)10(15)13-7-4-3-6-9(12)14/h8H,2-7,11H2,1H3,(H2,12,14)(H,13,15)/t8-/m0/s1. The fourth-order valence-electron chi connectivity index (χ4n) is 1.21. The zero-order valence-corrected chi connectivity index (χ0v) is 9.29. The van der Waals surface area contributed by atoms with Gasteiger partial charge in [0, 0.05) is 13.0 Å². The van der Waals surface area contributed by atoms with E-state index in [1.165, 1.54) is 0 Å². The lowest BCUT2D eigenvalue weighted by atomic mass is 10.1. The summed E-state index contributed by atoms with van der Waals surface area (Å²) in [5, 5.41) is 2.72. The van der Waals surface area contributed by atoms with E-state index in [1.807, 2.05) is 6.92 Å². The molecular weight excluding hydrogens is 194 g/mol. The monoisotopic (exact) mass is 215 g/mol. The molecule has 0 aromatic rings. The van der Waals surface area contributed by atoms with Crippen molar-refractivity contribution in [1.82, 2.24) is 5.32 Å². The van der Waals surface area contributed by atoms with Crippen molar-refractivity contribution in [3.63, 3.8) is 0 Å². The highest BCUT2D eigenvalue weighted by Crippen LogP contribution is 1.95. The van der Waals surface area contributed by atoms with Gasteiger partial charge in [-0.25, -0.2) is 0 Å². The van der Waals surface area contributed by atoms with Crippen LogP contribution in [0.1, 0.15) is 39.0 Å². The molecule has 0 aliphatic heterocycles. The zero-order chi connectivity index (χ0) is 11.7. The van der Waals surface area contributed by atoms with E-state index in [0.717, 1.165) is 12.8 Å². The molecule has 0 rings (SSSR count). The number of nitrogens with two attached hydrogens (primary N) is 2. The molecule has 15 heavy (non-hydrogen) atoms. The molecule has 5 nitrogen and oxygen atoms in total. The molecule has 0 aromatic heterocycles. The minimum absolute atomic E-state index is 0.115. The van der Waals surface area contributed by atoms with Crippen molar-refractivity contribution in [2.75, 3.05) is 6.54 Å². The van der Waals surface area contributed by atoms with Crippen LogP contribution >= 0.6 is 0 Å². The Labute approximate surface area is 90.6 Å². The first-order chi connectivity index (χ1) is 7.07. The Morgan fingerprint density at radius 2 is 2.00 bits per heavy atom. The fraction of sp³-hybridized carbons (Fsp3) is 0.800. The first-order valence-electron chi connectivity index (χ1n) is 5.39. The molecule has 0 aliphatic carbocycles. The van der Waals surface area contributed by atoms with E-state index in [9.17, 15) is 9.59 Å². The van der Waals surface area contributed by atoms with E-state index in [1.54, 1.807) is 0 Å². The lowest BCUT2D eigenvalue weighted by Gasteiger charge is -2.10. The number of hydrogen-bond acceptors (Lipinski definition) is 3. The summed E-state index contributed by atoms with van der Waals surface area (Å²) in [6, 6.07) is -0.411. The molecule has 0 aromatic carbocycles. The SMILES string of the molecule is CCC[C@H](N)C(=O)NCCCCC(N)=O. The van der Waals surface area contributed by atoms with Gasteiger partial charge in [0.05, 0.1) is 6.04 Å². The summed E-state index contributed by atoms with van der Waals surface area (Å²) >= 11 is 0. The van der Waals surface area contributed by atoms with E-state index in [-0.39, 0.29) is 11.8 Å². The summed E-state index contributed by atoms with van der Waals surface area (Å²) in [5.41, 5.74) is 10.6. The van der Waals surface area contributed by atoms with E-state index in [4.69, 9.17) is 11.5 Å². The van der Waals surface area contributed by atoms with E-state index < -0.39 is 6.04 Å². The van der Waals surface area contributed by atoms with E-state index in [2.05, 4.69) is 5.32 Å². The molecule has 88 valence electrons. The quantitative estimate of drug-likeness (QED) is 0.492. The van der Waals surface area contributed by atoms with Gasteiger partial charge in [0.15, 0.2) is 0 Å². The van der Waals surface area contributed by atoms with Gasteiger partial charge in [-0.15, -0.1) is 0 Å². The Bertz CT molecular complexity index is 207. The summed E-state index contributed by atoms with van der Waals surface area (Å²) in [4.78, 5) is 21.7. The highest BCUT2D eigenvalue weighted by molar-refractivity contribution is 5.81. The number of hydrogen-bond donors (Lipinski definition) is 3. The highest BCUT2D eigenvalue weighted by atomic mass is 16.2. The van der Waals surface area contributed by atoms with Gasteiger partial charge in [-0.3, -0.25) is 9.59 Å². The highest BCUT2D eigenvalue weighted by Gasteiger charge is 2.10. The number of carbonyl (C=O) groups is 2. The third-order valence-electron chi connectivity index (χ3n) is 2.09. The lowest BCUT2D eigenvalue weighted by molar-refractivity contribution is -0.122. The van der Waals surface area contributed by atoms with Gasteiger partial charge in [0.25, 0.3) is 0 Å². The number of unbranched alkanes of at least 4 members (excludes halogenated alkanes) is 1. The molecule has 1 atom stereocenters. The average Bonchev–Trinajstić information content (AvgIpc) is 2.16. The lowest BCUT2D eigenvalue weighted by Crippen LogP contribution is -2.40. The van der Waals surface area contributed by atoms with Crippen LogP contribution in [-0.4, -0.2) is 24.4 Å². The minimum Gasteiger partial charge on any atom is -0.370 e. The van der Waals surface area contributed by atoms with Crippen LogP contribution in [0.15, 0.2) is 0 Å². The molecule has 0 heterocycles. The predicted molar refractivity (Wildman–Crippen MR) is 58.9 cm³/mol. The van der Waals surface area contributed by atoms with Gasteiger partial charge in [-0.2, -0.15) is 0 Å². The molecule has 0 spiro atoms. The molecular formula is C10H21N3O2. The molecule has 0 fully saturated rings. The average molecular weight is 215 g/mol. The van der Waals surface area contributed by atoms with Crippen LogP contribution in [0.5, 0.6) is 0 Å². The summed E-state index contributed by atoms with van der Waals surface area (Å²) in [7, 11) is 0. The van der Waals surface area contributed by atoms with Gasteiger partial charge in [-0.05, 0) is 19.3 Å². The number of carbonyl (C=O) groups excluding carboxylic acids is 2. The second kappa shape index (κ2) is 8.23. The molecule has 0 saturated heterocycles. The van der Waals surface area contributed by atoms with Gasteiger partial charge in [-0.1, -0.05) is 13.3 Å². The molecule has 0 radical (unpaired) electrons. The van der Waals surface area contributed by atoms with Crippen LogP contribution < -0.4 is 16.8 Å². The van der Waals surface area contributed by atoms with Crippen molar-refractivity contribution < 1.29 is 9.59 Å².